The molecular formula is C37H60F2O6Si. The van der Waals surface area contributed by atoms with Gasteiger partial charge in [0.05, 0.1) is 6.10 Å². The number of Topliss-reactive ketones (excluding diaryl/α,β-unsaturated/α-hetero) is 1. The Balaban J connectivity index is 1.58. The lowest BCUT2D eigenvalue weighted by molar-refractivity contribution is -0.158. The Hall–Kier alpha value is -1.68. The molecule has 0 amide bonds. The van der Waals surface area contributed by atoms with Gasteiger partial charge in [-0.05, 0) is 68.1 Å². The van der Waals surface area contributed by atoms with E-state index in [1.165, 1.54) is 0 Å². The third-order valence-corrected chi connectivity index (χ3v) is 15.0. The average Bonchev–Trinajstić information content (AvgIpc) is 3.68. The fourth-order valence-corrected chi connectivity index (χ4v) is 10.0. The first kappa shape index (κ1) is 38.8. The Labute approximate surface area is 277 Å². The number of carbonyl (C=O) groups excluding carboxylic acids is 2. The van der Waals surface area contributed by atoms with E-state index in [2.05, 4.69) is 20.8 Å². The van der Waals surface area contributed by atoms with Crippen molar-refractivity contribution >= 4 is 20.1 Å². The van der Waals surface area contributed by atoms with Gasteiger partial charge in [0.2, 0.25) is 0 Å². The number of rotatable bonds is 23. The lowest BCUT2D eigenvalue weighted by atomic mass is 9.84. The highest BCUT2D eigenvalue weighted by Gasteiger charge is 2.48. The van der Waals surface area contributed by atoms with Crippen molar-refractivity contribution in [1.82, 2.24) is 0 Å². The Morgan fingerprint density at radius 2 is 1.72 bits per heavy atom. The van der Waals surface area contributed by atoms with Gasteiger partial charge < -0.3 is 18.6 Å². The van der Waals surface area contributed by atoms with Crippen molar-refractivity contribution in [2.75, 3.05) is 6.61 Å². The van der Waals surface area contributed by atoms with Gasteiger partial charge >= 0.3 is 5.97 Å². The molecule has 0 spiro atoms. The number of benzene rings is 1. The predicted octanol–water partition coefficient (Wildman–Crippen LogP) is 9.79. The number of halogens is 2. The summed E-state index contributed by atoms with van der Waals surface area (Å²) < 4.78 is 55.5. The van der Waals surface area contributed by atoms with E-state index < -0.39 is 20.3 Å². The van der Waals surface area contributed by atoms with Gasteiger partial charge in [-0.1, -0.05) is 83.7 Å². The molecule has 2 fully saturated rings. The van der Waals surface area contributed by atoms with E-state index in [-0.39, 0.29) is 55.4 Å². The van der Waals surface area contributed by atoms with Crippen LogP contribution in [0.15, 0.2) is 30.3 Å². The van der Waals surface area contributed by atoms with Crippen LogP contribution in [0.1, 0.15) is 123 Å². The van der Waals surface area contributed by atoms with Crippen LogP contribution in [0.5, 0.6) is 0 Å². The quantitative estimate of drug-likeness (QED) is 0.0658. The molecule has 5 atom stereocenters. The van der Waals surface area contributed by atoms with E-state index in [1.54, 1.807) is 0 Å². The van der Waals surface area contributed by atoms with Crippen LogP contribution in [0.4, 0.5) is 8.78 Å². The van der Waals surface area contributed by atoms with E-state index >= 15 is 8.78 Å². The van der Waals surface area contributed by atoms with Crippen molar-refractivity contribution in [3.05, 3.63) is 35.9 Å². The van der Waals surface area contributed by atoms with Gasteiger partial charge in [-0.3, -0.25) is 9.59 Å². The molecule has 46 heavy (non-hydrogen) atoms. The number of hydrogen-bond acceptors (Lipinski definition) is 6. The van der Waals surface area contributed by atoms with Gasteiger partial charge in [-0.2, -0.15) is 0 Å². The molecule has 1 aliphatic heterocycles. The fourth-order valence-electron chi connectivity index (χ4n) is 7.13. The number of esters is 1. The predicted molar refractivity (Wildman–Crippen MR) is 180 cm³/mol. The number of alkyl halides is 2. The lowest BCUT2D eigenvalue weighted by Gasteiger charge is -2.38. The second kappa shape index (κ2) is 20.0. The zero-order chi connectivity index (χ0) is 33.4. The average molecular weight is 667 g/mol. The Morgan fingerprint density at radius 1 is 1.00 bits per heavy atom. The minimum absolute atomic E-state index is 0.126. The van der Waals surface area contributed by atoms with E-state index in [1.807, 2.05) is 37.3 Å². The Kier molecular flexibility index (Phi) is 16.8. The van der Waals surface area contributed by atoms with Crippen molar-refractivity contribution in [2.24, 2.45) is 11.8 Å². The van der Waals surface area contributed by atoms with Crippen LogP contribution in [-0.2, 0) is 34.8 Å². The highest BCUT2D eigenvalue weighted by atomic mass is 28.4. The third kappa shape index (κ3) is 12.1. The highest BCUT2D eigenvalue weighted by molar-refractivity contribution is 6.73. The number of carbonyl (C=O) groups is 2. The Morgan fingerprint density at radius 3 is 2.37 bits per heavy atom. The van der Waals surface area contributed by atoms with Crippen LogP contribution in [-0.4, -0.2) is 51.1 Å². The monoisotopic (exact) mass is 666 g/mol. The van der Waals surface area contributed by atoms with Crippen molar-refractivity contribution in [3.8, 4) is 0 Å². The SMILES string of the molecule is CCCCC(F)(F)C(CC[C@H]1[C@H](OC2CCCO2)CC(=O)[C@@H]1CCCCCCC(=O)OCc1ccccc1)O[Si](CC)(CC)CC. The zero-order valence-corrected chi connectivity index (χ0v) is 29.9. The minimum Gasteiger partial charge on any atom is -0.461 e. The van der Waals surface area contributed by atoms with Crippen molar-refractivity contribution in [1.29, 1.82) is 0 Å². The summed E-state index contributed by atoms with van der Waals surface area (Å²) >= 11 is 0. The molecule has 2 unspecified atom stereocenters. The highest BCUT2D eigenvalue weighted by Crippen LogP contribution is 2.42. The number of unbranched alkanes of at least 4 members (excludes halogenated alkanes) is 4. The molecule has 0 N–H and O–H groups in total. The zero-order valence-electron chi connectivity index (χ0n) is 28.9. The maximum absolute atomic E-state index is 15.7. The summed E-state index contributed by atoms with van der Waals surface area (Å²) in [6.07, 6.45) is 6.46. The van der Waals surface area contributed by atoms with Gasteiger partial charge in [0.15, 0.2) is 14.6 Å². The molecule has 2 aliphatic rings. The minimum atomic E-state index is -2.90. The molecule has 6 nitrogen and oxygen atoms in total. The summed E-state index contributed by atoms with van der Waals surface area (Å²) in [5.74, 6) is -3.26. The van der Waals surface area contributed by atoms with Crippen molar-refractivity contribution in [3.63, 3.8) is 0 Å². The van der Waals surface area contributed by atoms with Crippen LogP contribution < -0.4 is 0 Å². The van der Waals surface area contributed by atoms with Gasteiger partial charge in [-0.15, -0.1) is 0 Å². The van der Waals surface area contributed by atoms with E-state index in [9.17, 15) is 9.59 Å². The molecule has 1 saturated heterocycles. The van der Waals surface area contributed by atoms with Gasteiger partial charge in [0.1, 0.15) is 18.5 Å². The molecule has 1 saturated carbocycles. The summed E-state index contributed by atoms with van der Waals surface area (Å²) in [6, 6.07) is 12.1. The van der Waals surface area contributed by atoms with Crippen molar-refractivity contribution in [2.45, 2.75) is 167 Å². The number of ether oxygens (including phenoxy) is 3. The summed E-state index contributed by atoms with van der Waals surface area (Å²) in [5, 5.41) is 0. The molecule has 0 bridgehead atoms. The second-order valence-corrected chi connectivity index (χ2v) is 18.2. The van der Waals surface area contributed by atoms with Gasteiger partial charge in [0.25, 0.3) is 5.92 Å². The molecule has 1 aliphatic carbocycles. The largest absolute Gasteiger partial charge is 0.461 e. The maximum atomic E-state index is 15.7. The van der Waals surface area contributed by atoms with Crippen molar-refractivity contribution < 1.29 is 37.0 Å². The number of ketones is 1. The lowest BCUT2D eigenvalue weighted by Crippen LogP contribution is -2.47. The topological polar surface area (TPSA) is 71.1 Å². The van der Waals surface area contributed by atoms with E-state index in [4.69, 9.17) is 18.6 Å². The first-order valence-electron chi connectivity index (χ1n) is 18.2. The standard InChI is InChI=1S/C37H60F2O6Si/c1-5-9-25-37(38,39)34(45-46(6-2,7-3)8-4)24-23-31-30(32(40)27-33(31)44-36-22-17-26-42-36)20-15-10-11-16-21-35(41)43-28-29-18-13-12-14-19-29/h12-14,18-19,30-31,33-34,36H,5-11,15-17,20-28H2,1-4H3/t30-,31-,33-,34?,36?/m1/s1. The summed E-state index contributed by atoms with van der Waals surface area (Å²) in [4.78, 5) is 25.5. The van der Waals surface area contributed by atoms with Crippen LogP contribution >= 0.6 is 0 Å². The molecule has 9 heteroatoms. The first-order valence-corrected chi connectivity index (χ1v) is 20.7. The summed E-state index contributed by atoms with van der Waals surface area (Å²) in [6.45, 7) is 9.10. The van der Waals surface area contributed by atoms with Gasteiger partial charge in [-0.25, -0.2) is 8.78 Å². The molecule has 262 valence electrons. The molecule has 0 aromatic heterocycles. The van der Waals surface area contributed by atoms with Crippen LogP contribution in [0.3, 0.4) is 0 Å². The first-order chi connectivity index (χ1) is 22.2. The summed E-state index contributed by atoms with van der Waals surface area (Å²) in [7, 11) is -2.28. The Bertz CT molecular complexity index is 1010. The molecule has 1 aromatic rings. The summed E-state index contributed by atoms with van der Waals surface area (Å²) in [5.41, 5.74) is 0.971. The smallest absolute Gasteiger partial charge is 0.306 e. The van der Waals surface area contributed by atoms with Crippen LogP contribution in [0.25, 0.3) is 0 Å². The van der Waals surface area contributed by atoms with Crippen LogP contribution in [0.2, 0.25) is 18.1 Å². The second-order valence-electron chi connectivity index (χ2n) is 13.4. The maximum Gasteiger partial charge on any atom is 0.306 e. The molecular weight excluding hydrogens is 606 g/mol. The molecule has 1 heterocycles. The fraction of sp³-hybridized carbons (Fsp3) is 0.784. The molecule has 1 aromatic carbocycles. The van der Waals surface area contributed by atoms with E-state index in [0.29, 0.717) is 45.1 Å². The van der Waals surface area contributed by atoms with Crippen LogP contribution in [0, 0.1) is 11.8 Å². The van der Waals surface area contributed by atoms with Gasteiger partial charge in [0, 0.05) is 38.2 Å². The molecule has 0 radical (unpaired) electrons. The third-order valence-electron chi connectivity index (χ3n) is 10.3. The molecule has 3 rings (SSSR count). The van der Waals surface area contributed by atoms with E-state index in [0.717, 1.165) is 62.2 Å². The number of hydrogen-bond donors (Lipinski definition) is 0. The normalized spacial score (nSPS) is 22.8.